The van der Waals surface area contributed by atoms with Gasteiger partial charge in [-0.2, -0.15) is 0 Å². The molecule has 1 unspecified atom stereocenters. The molecule has 2 rings (SSSR count). The van der Waals surface area contributed by atoms with Gasteiger partial charge in [-0.3, -0.25) is 4.90 Å². The number of nitrogens with zero attached hydrogens (tertiary/aromatic N) is 1. The van der Waals surface area contributed by atoms with E-state index >= 15 is 0 Å². The normalized spacial score (nSPS) is 31.1. The second-order valence-corrected chi connectivity index (χ2v) is 5.18. The lowest BCUT2D eigenvalue weighted by Crippen LogP contribution is -2.45. The molecule has 2 heteroatoms. The molecule has 2 fully saturated rings. The largest absolute Gasteiger partial charge is 0.297 e. The average Bonchev–Trinajstić information content (AvgIpc) is 2.72. The van der Waals surface area contributed by atoms with Gasteiger partial charge in [0.2, 0.25) is 0 Å². The molecule has 1 nitrogen and oxygen atoms in total. The molecule has 1 aliphatic carbocycles. The van der Waals surface area contributed by atoms with E-state index in [1.165, 1.54) is 57.9 Å². The van der Waals surface area contributed by atoms with Gasteiger partial charge in [-0.25, -0.2) is 0 Å². The molecule has 0 aromatic heterocycles. The van der Waals surface area contributed by atoms with Crippen molar-refractivity contribution in [2.24, 2.45) is 0 Å². The maximum Gasteiger partial charge on any atom is 0.0238 e. The molecule has 1 atom stereocenters. The van der Waals surface area contributed by atoms with Crippen molar-refractivity contribution in [3.8, 4) is 0 Å². The van der Waals surface area contributed by atoms with E-state index in [0.717, 1.165) is 18.0 Å². The molecule has 0 bridgehead atoms. The first-order chi connectivity index (χ1) is 6.92. The second-order valence-electron chi connectivity index (χ2n) is 4.80. The van der Waals surface area contributed by atoms with Crippen molar-refractivity contribution in [3.05, 3.63) is 0 Å². The summed E-state index contributed by atoms with van der Waals surface area (Å²) in [5.74, 6) is 0.841. The zero-order chi connectivity index (χ0) is 9.80. The Kier molecular flexibility index (Phi) is 4.12. The topological polar surface area (TPSA) is 3.24 Å². The summed E-state index contributed by atoms with van der Waals surface area (Å²) in [6.07, 6.45) is 11.2. The van der Waals surface area contributed by atoms with Crippen molar-refractivity contribution in [3.63, 3.8) is 0 Å². The summed E-state index contributed by atoms with van der Waals surface area (Å²) in [5, 5.41) is 0. The predicted octanol–water partition coefficient (Wildman–Crippen LogP) is 3.41. The molecule has 1 heterocycles. The van der Waals surface area contributed by atoms with Crippen LogP contribution >= 0.6 is 11.6 Å². The van der Waals surface area contributed by atoms with E-state index < -0.39 is 0 Å². The zero-order valence-corrected chi connectivity index (χ0v) is 9.81. The van der Waals surface area contributed by atoms with Crippen LogP contribution in [-0.2, 0) is 0 Å². The third-order valence-corrected chi connectivity index (χ3v) is 4.13. The average molecular weight is 216 g/mol. The first kappa shape index (κ1) is 10.8. The Morgan fingerprint density at radius 3 is 2.43 bits per heavy atom. The fourth-order valence-electron chi connectivity index (χ4n) is 3.18. The highest BCUT2D eigenvalue weighted by molar-refractivity contribution is 6.17. The minimum atomic E-state index is 0.810. The number of alkyl halides is 1. The van der Waals surface area contributed by atoms with E-state index in [1.807, 2.05) is 0 Å². The first-order valence-electron chi connectivity index (χ1n) is 6.23. The maximum atomic E-state index is 5.88. The monoisotopic (exact) mass is 215 g/mol. The molecule has 14 heavy (non-hydrogen) atoms. The number of hydrogen-bond donors (Lipinski definition) is 0. The fourth-order valence-corrected chi connectivity index (χ4v) is 3.43. The van der Waals surface area contributed by atoms with Gasteiger partial charge in [-0.1, -0.05) is 19.3 Å². The maximum absolute atomic E-state index is 5.88. The Balaban J connectivity index is 1.91. The van der Waals surface area contributed by atoms with Crippen LogP contribution in [0.15, 0.2) is 0 Å². The standard InChI is InChI=1S/C12H22ClN/c13-9-8-12-7-3-4-10-14(12)11-5-1-2-6-11/h11-12H,1-10H2. The Bertz CT molecular complexity index is 164. The third kappa shape index (κ3) is 2.43. The Morgan fingerprint density at radius 1 is 1.00 bits per heavy atom. The van der Waals surface area contributed by atoms with Crippen LogP contribution in [0.25, 0.3) is 0 Å². The van der Waals surface area contributed by atoms with E-state index in [-0.39, 0.29) is 0 Å². The van der Waals surface area contributed by atoms with Crippen LogP contribution < -0.4 is 0 Å². The highest BCUT2D eigenvalue weighted by atomic mass is 35.5. The minimum absolute atomic E-state index is 0.810. The lowest BCUT2D eigenvalue weighted by molar-refractivity contribution is 0.0948. The minimum Gasteiger partial charge on any atom is -0.297 e. The lowest BCUT2D eigenvalue weighted by atomic mass is 9.97. The van der Waals surface area contributed by atoms with Crippen LogP contribution in [0.2, 0.25) is 0 Å². The molecule has 82 valence electrons. The third-order valence-electron chi connectivity index (χ3n) is 3.91. The van der Waals surface area contributed by atoms with Crippen LogP contribution in [0.4, 0.5) is 0 Å². The van der Waals surface area contributed by atoms with E-state index in [1.54, 1.807) is 0 Å². The molecule has 1 saturated carbocycles. The van der Waals surface area contributed by atoms with Gasteiger partial charge in [-0.05, 0) is 38.6 Å². The quantitative estimate of drug-likeness (QED) is 0.653. The summed E-state index contributed by atoms with van der Waals surface area (Å²) < 4.78 is 0. The SMILES string of the molecule is ClCCC1CCCCN1C1CCCC1. The summed E-state index contributed by atoms with van der Waals surface area (Å²) in [6.45, 7) is 1.34. The zero-order valence-electron chi connectivity index (χ0n) is 9.05. The summed E-state index contributed by atoms with van der Waals surface area (Å²) in [7, 11) is 0. The molecule has 0 aromatic rings. The van der Waals surface area contributed by atoms with Gasteiger partial charge in [0.05, 0.1) is 0 Å². The van der Waals surface area contributed by atoms with Crippen LogP contribution in [-0.4, -0.2) is 29.4 Å². The Morgan fingerprint density at radius 2 is 1.71 bits per heavy atom. The fraction of sp³-hybridized carbons (Fsp3) is 1.00. The second kappa shape index (κ2) is 5.37. The van der Waals surface area contributed by atoms with E-state index in [2.05, 4.69) is 4.90 Å². The molecule has 1 saturated heterocycles. The highest BCUT2D eigenvalue weighted by Crippen LogP contribution is 2.30. The molecule has 1 aliphatic heterocycles. The van der Waals surface area contributed by atoms with Gasteiger partial charge in [-0.15, -0.1) is 11.6 Å². The molecule has 0 aromatic carbocycles. The first-order valence-corrected chi connectivity index (χ1v) is 6.77. The van der Waals surface area contributed by atoms with Crippen molar-refractivity contribution in [2.75, 3.05) is 12.4 Å². The number of piperidine rings is 1. The summed E-state index contributed by atoms with van der Waals surface area (Å²) in [6, 6.07) is 1.72. The summed E-state index contributed by atoms with van der Waals surface area (Å²) in [5.41, 5.74) is 0. The van der Waals surface area contributed by atoms with Crippen molar-refractivity contribution < 1.29 is 0 Å². The van der Waals surface area contributed by atoms with Gasteiger partial charge in [0.15, 0.2) is 0 Å². The predicted molar refractivity (Wildman–Crippen MR) is 61.9 cm³/mol. The number of likely N-dealkylation sites (tertiary alicyclic amines) is 1. The molecule has 0 spiro atoms. The van der Waals surface area contributed by atoms with Crippen LogP contribution in [0.1, 0.15) is 51.4 Å². The van der Waals surface area contributed by atoms with Crippen molar-refractivity contribution in [2.45, 2.75) is 63.5 Å². The summed E-state index contributed by atoms with van der Waals surface area (Å²) in [4.78, 5) is 2.78. The van der Waals surface area contributed by atoms with Crippen LogP contribution in [0.5, 0.6) is 0 Å². The Hall–Kier alpha value is 0.250. The van der Waals surface area contributed by atoms with Gasteiger partial charge >= 0.3 is 0 Å². The number of halogens is 1. The lowest BCUT2D eigenvalue weighted by Gasteiger charge is -2.39. The van der Waals surface area contributed by atoms with Crippen molar-refractivity contribution in [1.82, 2.24) is 4.90 Å². The van der Waals surface area contributed by atoms with E-state index in [0.29, 0.717) is 0 Å². The molecule has 2 aliphatic rings. The number of hydrogen-bond acceptors (Lipinski definition) is 1. The molecular weight excluding hydrogens is 194 g/mol. The van der Waals surface area contributed by atoms with Crippen LogP contribution in [0, 0.1) is 0 Å². The summed E-state index contributed by atoms with van der Waals surface area (Å²) >= 11 is 5.88. The van der Waals surface area contributed by atoms with Gasteiger partial charge < -0.3 is 0 Å². The number of rotatable bonds is 3. The van der Waals surface area contributed by atoms with Crippen LogP contribution in [0.3, 0.4) is 0 Å². The van der Waals surface area contributed by atoms with Crippen molar-refractivity contribution >= 4 is 11.6 Å². The van der Waals surface area contributed by atoms with E-state index in [4.69, 9.17) is 11.6 Å². The van der Waals surface area contributed by atoms with E-state index in [9.17, 15) is 0 Å². The van der Waals surface area contributed by atoms with Gasteiger partial charge in [0, 0.05) is 18.0 Å². The molecule has 0 amide bonds. The smallest absolute Gasteiger partial charge is 0.0238 e. The van der Waals surface area contributed by atoms with Gasteiger partial charge in [0.1, 0.15) is 0 Å². The van der Waals surface area contributed by atoms with Gasteiger partial charge in [0.25, 0.3) is 0 Å². The Labute approximate surface area is 92.8 Å². The molecule has 0 radical (unpaired) electrons. The molecule has 0 N–H and O–H groups in total. The van der Waals surface area contributed by atoms with Crippen molar-refractivity contribution in [1.29, 1.82) is 0 Å². The molecular formula is C12H22ClN. The highest BCUT2D eigenvalue weighted by Gasteiger charge is 2.29.